The highest BCUT2D eigenvalue weighted by atomic mass is 19.1. The van der Waals surface area contributed by atoms with Crippen LogP contribution >= 0.6 is 0 Å². The van der Waals surface area contributed by atoms with Crippen molar-refractivity contribution in [3.63, 3.8) is 0 Å². The number of benzene rings is 1. The molecule has 1 heterocycles. The predicted molar refractivity (Wildman–Crippen MR) is 88.9 cm³/mol. The summed E-state index contributed by atoms with van der Waals surface area (Å²) in [6.07, 6.45) is 6.90. The van der Waals surface area contributed by atoms with E-state index in [-0.39, 0.29) is 12.2 Å². The molecule has 0 radical (unpaired) electrons. The normalized spacial score (nSPS) is 15.1. The van der Waals surface area contributed by atoms with Gasteiger partial charge in [-0.15, -0.1) is 0 Å². The van der Waals surface area contributed by atoms with Crippen LogP contribution in [0.15, 0.2) is 24.3 Å². The van der Waals surface area contributed by atoms with Crippen LogP contribution in [0.5, 0.6) is 5.88 Å². The molecule has 24 heavy (non-hydrogen) atoms. The molecule has 0 spiro atoms. The lowest BCUT2D eigenvalue weighted by atomic mass is 10.1. The quantitative estimate of drug-likeness (QED) is 0.721. The number of hydrogen-bond acceptors (Lipinski definition) is 2. The van der Waals surface area contributed by atoms with E-state index < -0.39 is 11.6 Å². The molecule has 0 unspecified atom stereocenters. The number of ether oxygens (including phenoxy) is 1. The lowest BCUT2D eigenvalue weighted by Gasteiger charge is -2.13. The molecule has 0 N–H and O–H groups in total. The van der Waals surface area contributed by atoms with Crippen molar-refractivity contribution in [1.82, 2.24) is 9.78 Å². The van der Waals surface area contributed by atoms with Gasteiger partial charge in [0.15, 0.2) is 0 Å². The summed E-state index contributed by atoms with van der Waals surface area (Å²) in [5, 5.41) is 4.64. The van der Waals surface area contributed by atoms with Gasteiger partial charge in [0.2, 0.25) is 5.88 Å². The number of aryl methyl sites for hydroxylation is 1. The van der Waals surface area contributed by atoms with Crippen molar-refractivity contribution in [2.24, 2.45) is 5.92 Å². The first kappa shape index (κ1) is 16.9. The highest BCUT2D eigenvalue weighted by Gasteiger charge is 2.19. The van der Waals surface area contributed by atoms with Crippen LogP contribution in [0, 0.1) is 17.6 Å². The minimum atomic E-state index is -0.457. The van der Waals surface area contributed by atoms with Crippen LogP contribution in [-0.4, -0.2) is 9.78 Å². The molecule has 0 amide bonds. The Morgan fingerprint density at radius 2 is 2.00 bits per heavy atom. The maximum Gasteiger partial charge on any atom is 0.212 e. The molecule has 0 atom stereocenters. The van der Waals surface area contributed by atoms with Gasteiger partial charge in [0.05, 0.1) is 5.69 Å². The molecule has 3 rings (SSSR count). The van der Waals surface area contributed by atoms with Gasteiger partial charge in [0.25, 0.3) is 0 Å². The SMILES string of the molecule is CCCc1cc(OCc2cc(F)ccc2F)n(CC2CCCC2)n1. The molecule has 5 heteroatoms. The van der Waals surface area contributed by atoms with Gasteiger partial charge < -0.3 is 4.74 Å². The highest BCUT2D eigenvalue weighted by molar-refractivity contribution is 5.21. The number of hydrogen-bond donors (Lipinski definition) is 0. The molecule has 2 aromatic rings. The molecule has 0 aliphatic heterocycles. The zero-order chi connectivity index (χ0) is 16.9. The van der Waals surface area contributed by atoms with Crippen molar-refractivity contribution in [1.29, 1.82) is 0 Å². The van der Waals surface area contributed by atoms with Crippen LogP contribution in [0.1, 0.15) is 50.3 Å². The van der Waals surface area contributed by atoms with Gasteiger partial charge >= 0.3 is 0 Å². The Morgan fingerprint density at radius 1 is 1.21 bits per heavy atom. The van der Waals surface area contributed by atoms with Gasteiger partial charge in [-0.2, -0.15) is 5.10 Å². The first-order chi connectivity index (χ1) is 11.7. The summed E-state index contributed by atoms with van der Waals surface area (Å²) in [5.74, 6) is 0.370. The Balaban J connectivity index is 1.73. The van der Waals surface area contributed by atoms with Gasteiger partial charge in [0.1, 0.15) is 18.2 Å². The molecule has 1 aliphatic carbocycles. The summed E-state index contributed by atoms with van der Waals surface area (Å²) in [4.78, 5) is 0. The van der Waals surface area contributed by atoms with E-state index in [1.54, 1.807) is 0 Å². The molecule has 1 aromatic carbocycles. The Kier molecular flexibility index (Phi) is 5.48. The summed E-state index contributed by atoms with van der Waals surface area (Å²) in [5.41, 5.74) is 1.21. The topological polar surface area (TPSA) is 27.1 Å². The zero-order valence-electron chi connectivity index (χ0n) is 14.1. The van der Waals surface area contributed by atoms with Crippen molar-refractivity contribution in [2.45, 2.75) is 58.6 Å². The second kappa shape index (κ2) is 7.77. The van der Waals surface area contributed by atoms with Gasteiger partial charge in [-0.3, -0.25) is 0 Å². The van der Waals surface area contributed by atoms with Crippen LogP contribution in [0.25, 0.3) is 0 Å². The monoisotopic (exact) mass is 334 g/mol. The standard InChI is InChI=1S/C19H24F2N2O/c1-2-5-17-11-19(23(22-17)12-14-6-3-4-7-14)24-13-15-10-16(20)8-9-18(15)21/h8-11,14H,2-7,12-13H2,1H3. The number of nitrogens with zero attached hydrogens (tertiary/aromatic N) is 2. The second-order valence-corrected chi connectivity index (χ2v) is 6.58. The van der Waals surface area contributed by atoms with Gasteiger partial charge in [-0.05, 0) is 43.4 Å². The predicted octanol–water partition coefficient (Wildman–Crippen LogP) is 4.88. The fraction of sp³-hybridized carbons (Fsp3) is 0.526. The van der Waals surface area contributed by atoms with Crippen molar-refractivity contribution >= 4 is 0 Å². The molecule has 1 fully saturated rings. The van der Waals surface area contributed by atoms with Crippen LogP contribution in [-0.2, 0) is 19.6 Å². The summed E-state index contributed by atoms with van der Waals surface area (Å²) >= 11 is 0. The maximum atomic E-state index is 13.8. The van der Waals surface area contributed by atoms with Crippen molar-refractivity contribution < 1.29 is 13.5 Å². The molecule has 3 nitrogen and oxygen atoms in total. The first-order valence-electron chi connectivity index (χ1n) is 8.79. The summed E-state index contributed by atoms with van der Waals surface area (Å²) in [6, 6.07) is 5.35. The Hall–Kier alpha value is -1.91. The lowest BCUT2D eigenvalue weighted by molar-refractivity contribution is 0.257. The largest absolute Gasteiger partial charge is 0.473 e. The Labute approximate surface area is 141 Å². The summed E-state index contributed by atoms with van der Waals surface area (Å²) in [7, 11) is 0. The van der Waals surface area contributed by atoms with Crippen LogP contribution in [0.2, 0.25) is 0 Å². The smallest absolute Gasteiger partial charge is 0.212 e. The van der Waals surface area contributed by atoms with Crippen molar-refractivity contribution in [2.75, 3.05) is 0 Å². The molecule has 130 valence electrons. The molecule has 1 saturated carbocycles. The number of rotatable bonds is 7. The Bertz CT molecular complexity index is 678. The molecular weight excluding hydrogens is 310 g/mol. The van der Waals surface area contributed by atoms with E-state index in [1.807, 2.05) is 10.7 Å². The van der Waals surface area contributed by atoms with E-state index in [9.17, 15) is 8.78 Å². The van der Waals surface area contributed by atoms with Crippen molar-refractivity contribution in [3.05, 3.63) is 47.2 Å². The summed E-state index contributed by atoms with van der Waals surface area (Å²) < 4.78 is 34.7. The minimum Gasteiger partial charge on any atom is -0.473 e. The maximum absolute atomic E-state index is 13.8. The molecule has 1 aliphatic rings. The Morgan fingerprint density at radius 3 is 2.75 bits per heavy atom. The first-order valence-corrected chi connectivity index (χ1v) is 8.79. The van der Waals surface area contributed by atoms with E-state index >= 15 is 0 Å². The van der Waals surface area contributed by atoms with E-state index in [0.717, 1.165) is 37.2 Å². The molecule has 0 saturated heterocycles. The zero-order valence-corrected chi connectivity index (χ0v) is 14.1. The van der Waals surface area contributed by atoms with E-state index in [4.69, 9.17) is 4.74 Å². The van der Waals surface area contributed by atoms with Crippen LogP contribution in [0.3, 0.4) is 0 Å². The number of halogens is 2. The third-order valence-electron chi connectivity index (χ3n) is 4.59. The van der Waals surface area contributed by atoms with E-state index in [2.05, 4.69) is 12.0 Å². The van der Waals surface area contributed by atoms with E-state index in [1.165, 1.54) is 31.7 Å². The minimum absolute atomic E-state index is 0.00547. The van der Waals surface area contributed by atoms with E-state index in [0.29, 0.717) is 11.8 Å². The molecule has 1 aromatic heterocycles. The highest BCUT2D eigenvalue weighted by Crippen LogP contribution is 2.28. The van der Waals surface area contributed by atoms with Crippen LogP contribution in [0.4, 0.5) is 8.78 Å². The van der Waals surface area contributed by atoms with Crippen LogP contribution < -0.4 is 4.74 Å². The molecular formula is C19H24F2N2O. The third kappa shape index (κ3) is 4.13. The average Bonchev–Trinajstić information content (AvgIpc) is 3.19. The van der Waals surface area contributed by atoms with Crippen molar-refractivity contribution in [3.8, 4) is 5.88 Å². The van der Waals surface area contributed by atoms with Gasteiger partial charge in [-0.25, -0.2) is 13.5 Å². The lowest BCUT2D eigenvalue weighted by Crippen LogP contribution is -2.12. The molecule has 0 bridgehead atoms. The third-order valence-corrected chi connectivity index (χ3v) is 4.59. The summed E-state index contributed by atoms with van der Waals surface area (Å²) in [6.45, 7) is 2.95. The fourth-order valence-electron chi connectivity index (χ4n) is 3.32. The average molecular weight is 334 g/mol. The van der Waals surface area contributed by atoms with Gasteiger partial charge in [-0.1, -0.05) is 26.2 Å². The fourth-order valence-corrected chi connectivity index (χ4v) is 3.32. The number of aromatic nitrogens is 2. The second-order valence-electron chi connectivity index (χ2n) is 6.58. The van der Waals surface area contributed by atoms with Gasteiger partial charge in [0, 0.05) is 18.2 Å².